The van der Waals surface area contributed by atoms with Crippen molar-refractivity contribution < 1.29 is 0 Å². The molecule has 0 amide bonds. The molecule has 0 bridgehead atoms. The van der Waals surface area contributed by atoms with E-state index >= 15 is 0 Å². The molecule has 3 aliphatic rings. The first-order valence-electron chi connectivity index (χ1n) is 27.5. The van der Waals surface area contributed by atoms with E-state index in [0.29, 0.717) is 0 Å². The number of hydrogen-bond donors (Lipinski definition) is 0. The van der Waals surface area contributed by atoms with Crippen LogP contribution in [0.2, 0.25) is 0 Å². The quantitative estimate of drug-likeness (QED) is 0.160. The molecular formula is C71H69BN4. The number of aryl methyl sites for hydroxylation is 1. The van der Waals surface area contributed by atoms with Crippen LogP contribution < -0.4 is 31.1 Å². The Kier molecular flexibility index (Phi) is 10.5. The summed E-state index contributed by atoms with van der Waals surface area (Å²) in [4.78, 5) is 7.73. The van der Waals surface area contributed by atoms with Crippen molar-refractivity contribution in [3.63, 3.8) is 0 Å². The molecule has 10 aromatic rings. The van der Waals surface area contributed by atoms with Gasteiger partial charge in [-0.25, -0.2) is 0 Å². The summed E-state index contributed by atoms with van der Waals surface area (Å²) in [6, 6.07) is 70.0. The van der Waals surface area contributed by atoms with Crippen molar-refractivity contribution in [3.05, 3.63) is 210 Å². The zero-order valence-electron chi connectivity index (χ0n) is 46.7. The highest BCUT2D eigenvalue weighted by Gasteiger charge is 2.47. The Morgan fingerprint density at radius 3 is 1.67 bits per heavy atom. The van der Waals surface area contributed by atoms with E-state index in [4.69, 9.17) is 0 Å². The van der Waals surface area contributed by atoms with Gasteiger partial charge in [0.05, 0.1) is 33.8 Å². The Hall–Kier alpha value is -7.76. The first-order valence-corrected chi connectivity index (χ1v) is 27.5. The molecule has 4 heterocycles. The van der Waals surface area contributed by atoms with Crippen LogP contribution in [0, 0.1) is 6.92 Å². The maximum absolute atomic E-state index is 2.66. The summed E-state index contributed by atoms with van der Waals surface area (Å²) in [7, 11) is 0. The van der Waals surface area contributed by atoms with Crippen molar-refractivity contribution >= 4 is 96.1 Å². The monoisotopic (exact) mass is 989 g/mol. The lowest BCUT2D eigenvalue weighted by Gasteiger charge is -2.46. The predicted molar refractivity (Wildman–Crippen MR) is 328 cm³/mol. The summed E-state index contributed by atoms with van der Waals surface area (Å²) in [5.41, 5.74) is 27.2. The molecule has 0 radical (unpaired) electrons. The molecule has 0 N–H and O–H groups in total. The second-order valence-electron chi connectivity index (χ2n) is 26.0. The lowest BCUT2D eigenvalue weighted by Crippen LogP contribution is -2.61. The minimum Gasteiger partial charge on any atom is -0.311 e. The molecule has 0 aliphatic carbocycles. The Bertz CT molecular complexity index is 3980. The van der Waals surface area contributed by atoms with Crippen LogP contribution in [0.1, 0.15) is 111 Å². The minimum atomic E-state index is -0.0817. The zero-order chi connectivity index (χ0) is 53.0. The first kappa shape index (κ1) is 47.9. The lowest BCUT2D eigenvalue weighted by atomic mass is 9.33. The molecule has 13 rings (SSSR count). The Morgan fingerprint density at radius 2 is 1.00 bits per heavy atom. The minimum absolute atomic E-state index is 0.00761. The molecule has 5 heteroatoms. The molecule has 0 atom stereocenters. The van der Waals surface area contributed by atoms with Gasteiger partial charge < -0.3 is 19.3 Å². The topological polar surface area (TPSA) is 14.7 Å². The smallest absolute Gasteiger partial charge is 0.252 e. The number of anilines is 9. The molecule has 0 saturated heterocycles. The summed E-state index contributed by atoms with van der Waals surface area (Å²) in [6.07, 6.45) is 0. The molecule has 9 aromatic carbocycles. The van der Waals surface area contributed by atoms with Crippen LogP contribution in [0.4, 0.5) is 51.2 Å². The van der Waals surface area contributed by atoms with Gasteiger partial charge in [0.1, 0.15) is 0 Å². The number of fused-ring (bicyclic) bond motifs is 9. The molecule has 1 aromatic heterocycles. The van der Waals surface area contributed by atoms with Crippen LogP contribution in [0.3, 0.4) is 0 Å². The fraction of sp³-hybridized carbons (Fsp3) is 0.239. The number of hydrogen-bond acceptors (Lipinski definition) is 3. The SMILES string of the molecule is Cc1cc2c3c(c1)N1c4c(cccc4-n4c5ccc(C(C)(C)C)cc5c5cc(C(C)(C)C)cc1c54)B3c1ccc(N(c3ccc(C(C)(C)C)cc3)c3ccccc3-c3ccccc3)cc1N2c1ccc(C(C)(C)C)cc1. The highest BCUT2D eigenvalue weighted by molar-refractivity contribution is 7.00. The number of aromatic nitrogens is 1. The van der Waals surface area contributed by atoms with Gasteiger partial charge in [-0.15, -0.1) is 0 Å². The normalized spacial score (nSPS) is 13.8. The van der Waals surface area contributed by atoms with Crippen LogP contribution >= 0.6 is 0 Å². The molecule has 0 spiro atoms. The summed E-state index contributed by atoms with van der Waals surface area (Å²) in [5.74, 6) is 0. The van der Waals surface area contributed by atoms with Crippen LogP contribution in [0.5, 0.6) is 0 Å². The summed E-state index contributed by atoms with van der Waals surface area (Å²) >= 11 is 0. The number of rotatable bonds is 5. The first-order chi connectivity index (χ1) is 36.1. The van der Waals surface area contributed by atoms with Gasteiger partial charge in [0.25, 0.3) is 6.71 Å². The summed E-state index contributed by atoms with van der Waals surface area (Å²) < 4.78 is 2.60. The maximum atomic E-state index is 2.66. The maximum Gasteiger partial charge on any atom is 0.252 e. The van der Waals surface area contributed by atoms with Gasteiger partial charge in [0, 0.05) is 50.5 Å². The van der Waals surface area contributed by atoms with E-state index in [0.717, 1.165) is 22.7 Å². The Morgan fingerprint density at radius 1 is 0.408 bits per heavy atom. The lowest BCUT2D eigenvalue weighted by molar-refractivity contribution is 0.590. The highest BCUT2D eigenvalue weighted by Crippen LogP contribution is 2.54. The Labute approximate surface area is 451 Å². The van der Waals surface area contributed by atoms with Crippen molar-refractivity contribution in [1.82, 2.24) is 4.57 Å². The third-order valence-corrected chi connectivity index (χ3v) is 16.7. The van der Waals surface area contributed by atoms with Crippen LogP contribution in [0.15, 0.2) is 182 Å². The van der Waals surface area contributed by atoms with E-state index in [9.17, 15) is 0 Å². The van der Waals surface area contributed by atoms with Crippen molar-refractivity contribution in [3.8, 4) is 16.8 Å². The molecule has 76 heavy (non-hydrogen) atoms. The fourth-order valence-corrected chi connectivity index (χ4v) is 12.6. The Balaban J connectivity index is 1.11. The molecule has 4 nitrogen and oxygen atoms in total. The number of nitrogens with zero attached hydrogens (tertiary/aromatic N) is 4. The van der Waals surface area contributed by atoms with Gasteiger partial charge in [-0.05, 0) is 163 Å². The average molecular weight is 989 g/mol. The standard InChI is InChI=1S/C71H69BN4/c1-44-38-62-65-63(39-44)76-64-42-49(71(11,12)13)41-55-54-40-48(70(8,9)10)30-37-59(54)75(66(55)64)60-25-19-23-57(67(60)76)72(65)56-36-35-52(43-61(56)74(62)51-33-28-47(29-34-51)69(5,6)7)73(50-31-26-46(27-32-50)68(2,3)4)58-24-18-17-22-53(58)45-20-15-14-16-21-45/h14-43H,1-13H3. The van der Waals surface area contributed by atoms with Gasteiger partial charge in [-0.3, -0.25) is 0 Å². The average Bonchev–Trinajstić information content (AvgIpc) is 3.92. The van der Waals surface area contributed by atoms with E-state index in [1.54, 1.807) is 0 Å². The van der Waals surface area contributed by atoms with E-state index in [2.05, 4.69) is 291 Å². The van der Waals surface area contributed by atoms with Crippen molar-refractivity contribution in [2.45, 2.75) is 112 Å². The summed E-state index contributed by atoms with van der Waals surface area (Å²) in [6.45, 7) is 30.1. The van der Waals surface area contributed by atoms with Gasteiger partial charge in [-0.2, -0.15) is 0 Å². The van der Waals surface area contributed by atoms with Gasteiger partial charge in [0.15, 0.2) is 0 Å². The molecule has 3 aliphatic heterocycles. The molecule has 0 fully saturated rings. The molecular weight excluding hydrogens is 920 g/mol. The van der Waals surface area contributed by atoms with E-state index in [1.807, 2.05) is 0 Å². The second-order valence-corrected chi connectivity index (χ2v) is 26.0. The highest BCUT2D eigenvalue weighted by atomic mass is 15.2. The van der Waals surface area contributed by atoms with E-state index in [-0.39, 0.29) is 28.4 Å². The molecule has 376 valence electrons. The van der Waals surface area contributed by atoms with Crippen LogP contribution in [-0.2, 0) is 21.7 Å². The zero-order valence-corrected chi connectivity index (χ0v) is 46.7. The van der Waals surface area contributed by atoms with Gasteiger partial charge in [-0.1, -0.05) is 180 Å². The van der Waals surface area contributed by atoms with Crippen LogP contribution in [-0.4, -0.2) is 11.3 Å². The number of para-hydroxylation sites is 2. The van der Waals surface area contributed by atoms with E-state index < -0.39 is 0 Å². The molecule has 0 unspecified atom stereocenters. The molecule has 0 saturated carbocycles. The van der Waals surface area contributed by atoms with E-state index in [1.165, 1.54) is 111 Å². The van der Waals surface area contributed by atoms with Crippen molar-refractivity contribution in [2.24, 2.45) is 0 Å². The fourth-order valence-electron chi connectivity index (χ4n) is 12.6. The van der Waals surface area contributed by atoms with Gasteiger partial charge >= 0.3 is 0 Å². The van der Waals surface area contributed by atoms with Crippen molar-refractivity contribution in [1.29, 1.82) is 0 Å². The third kappa shape index (κ3) is 7.40. The van der Waals surface area contributed by atoms with Crippen molar-refractivity contribution in [2.75, 3.05) is 14.7 Å². The summed E-state index contributed by atoms with van der Waals surface area (Å²) in [5, 5.41) is 2.63. The predicted octanol–water partition coefficient (Wildman–Crippen LogP) is 17.8. The second kappa shape index (κ2) is 16.6. The van der Waals surface area contributed by atoms with Gasteiger partial charge in [0.2, 0.25) is 0 Å². The number of benzene rings is 9. The van der Waals surface area contributed by atoms with Crippen LogP contribution in [0.25, 0.3) is 38.6 Å². The third-order valence-electron chi connectivity index (χ3n) is 16.7. The largest absolute Gasteiger partial charge is 0.311 e.